The smallest absolute Gasteiger partial charge is 0.122 e. The molecule has 0 amide bonds. The molecule has 0 spiro atoms. The zero-order valence-corrected chi connectivity index (χ0v) is 12.2. The van der Waals surface area contributed by atoms with Crippen molar-refractivity contribution in [1.82, 2.24) is 9.97 Å². The topological polar surface area (TPSA) is 78.6 Å². The van der Waals surface area contributed by atoms with Crippen molar-refractivity contribution in [3.63, 3.8) is 0 Å². The predicted octanol–water partition coefficient (Wildman–Crippen LogP) is 3.75. The van der Waals surface area contributed by atoms with Gasteiger partial charge in [0.2, 0.25) is 0 Å². The van der Waals surface area contributed by atoms with E-state index in [-0.39, 0.29) is 5.84 Å². The largest absolute Gasteiger partial charge is 0.384 e. The number of unbranched alkanes of at least 4 members (excludes halogenated alkanes) is 5. The minimum absolute atomic E-state index is 0.0963. The summed E-state index contributed by atoms with van der Waals surface area (Å²) in [5, 5.41) is 7.45. The van der Waals surface area contributed by atoms with Crippen LogP contribution in [-0.2, 0) is 6.42 Å². The lowest BCUT2D eigenvalue weighted by Crippen LogP contribution is -2.10. The van der Waals surface area contributed by atoms with Gasteiger partial charge in [0.1, 0.15) is 11.7 Å². The van der Waals surface area contributed by atoms with Crippen molar-refractivity contribution in [1.29, 1.82) is 5.41 Å². The summed E-state index contributed by atoms with van der Waals surface area (Å²) in [6.45, 7) is 2.24. The Bertz CT molecular complexity index is 571. The molecule has 0 fully saturated rings. The lowest BCUT2D eigenvalue weighted by Gasteiger charge is -1.98. The Balaban J connectivity index is 1.89. The maximum absolute atomic E-state index is 7.45. The van der Waals surface area contributed by atoms with Crippen molar-refractivity contribution < 1.29 is 0 Å². The summed E-state index contributed by atoms with van der Waals surface area (Å²) in [6.07, 6.45) is 8.76. The Morgan fingerprint density at radius 2 is 1.95 bits per heavy atom. The molecule has 0 saturated carbocycles. The summed E-state index contributed by atoms with van der Waals surface area (Å²) < 4.78 is 0. The minimum Gasteiger partial charge on any atom is -0.384 e. The molecule has 0 atom stereocenters. The summed E-state index contributed by atoms with van der Waals surface area (Å²) >= 11 is 0. The van der Waals surface area contributed by atoms with Crippen LogP contribution in [0.15, 0.2) is 18.2 Å². The van der Waals surface area contributed by atoms with Gasteiger partial charge in [0.05, 0.1) is 11.0 Å². The van der Waals surface area contributed by atoms with Gasteiger partial charge in [-0.2, -0.15) is 0 Å². The van der Waals surface area contributed by atoms with Crippen LogP contribution in [0, 0.1) is 5.41 Å². The molecule has 0 bridgehead atoms. The Hall–Kier alpha value is -1.84. The highest BCUT2D eigenvalue weighted by atomic mass is 14.9. The van der Waals surface area contributed by atoms with E-state index < -0.39 is 0 Å². The fraction of sp³-hybridized carbons (Fsp3) is 0.500. The molecule has 0 aliphatic rings. The second-order valence-electron chi connectivity index (χ2n) is 5.35. The first-order chi connectivity index (χ1) is 9.70. The van der Waals surface area contributed by atoms with E-state index in [0.29, 0.717) is 0 Å². The van der Waals surface area contributed by atoms with Crippen molar-refractivity contribution in [2.24, 2.45) is 5.73 Å². The van der Waals surface area contributed by atoms with Gasteiger partial charge in [0, 0.05) is 12.0 Å². The number of rotatable bonds is 8. The molecule has 0 unspecified atom stereocenters. The van der Waals surface area contributed by atoms with Crippen LogP contribution in [0.25, 0.3) is 11.0 Å². The molecule has 0 aliphatic carbocycles. The number of nitrogens with one attached hydrogen (secondary N) is 2. The van der Waals surface area contributed by atoms with Crippen LogP contribution in [0.5, 0.6) is 0 Å². The Morgan fingerprint density at radius 3 is 2.70 bits per heavy atom. The van der Waals surface area contributed by atoms with Crippen LogP contribution < -0.4 is 5.73 Å². The Kier molecular flexibility index (Phi) is 5.16. The molecule has 1 aromatic carbocycles. The summed E-state index contributed by atoms with van der Waals surface area (Å²) in [5.41, 5.74) is 8.17. The lowest BCUT2D eigenvalue weighted by molar-refractivity contribution is 0.602. The second kappa shape index (κ2) is 7.08. The molecule has 1 heterocycles. The van der Waals surface area contributed by atoms with E-state index in [2.05, 4.69) is 16.9 Å². The molecule has 20 heavy (non-hydrogen) atoms. The SMILES string of the molecule is CCCCCCCCc1nc2ccc(C(=N)N)cc2[nH]1. The van der Waals surface area contributed by atoms with Gasteiger partial charge in [-0.15, -0.1) is 0 Å². The van der Waals surface area contributed by atoms with Crippen molar-refractivity contribution in [2.75, 3.05) is 0 Å². The van der Waals surface area contributed by atoms with Gasteiger partial charge < -0.3 is 10.7 Å². The normalized spacial score (nSPS) is 11.1. The minimum atomic E-state index is 0.0963. The third-order valence-corrected chi connectivity index (χ3v) is 3.61. The summed E-state index contributed by atoms with van der Waals surface area (Å²) in [5.74, 6) is 1.13. The Morgan fingerprint density at radius 1 is 1.20 bits per heavy atom. The van der Waals surface area contributed by atoms with Gasteiger partial charge in [-0.05, 0) is 24.6 Å². The standard InChI is InChI=1S/C16H24N4/c1-2-3-4-5-6-7-8-15-19-13-10-9-12(16(17)18)11-14(13)20-15/h9-11H,2-8H2,1H3,(H3,17,18)(H,19,20). The van der Waals surface area contributed by atoms with Crippen LogP contribution in [-0.4, -0.2) is 15.8 Å². The maximum Gasteiger partial charge on any atom is 0.122 e. The number of aryl methyl sites for hydroxylation is 1. The van der Waals surface area contributed by atoms with E-state index in [1.165, 1.54) is 38.5 Å². The van der Waals surface area contributed by atoms with Crippen LogP contribution >= 0.6 is 0 Å². The van der Waals surface area contributed by atoms with E-state index in [9.17, 15) is 0 Å². The molecular weight excluding hydrogens is 248 g/mol. The molecule has 0 saturated heterocycles. The quantitative estimate of drug-likeness (QED) is 0.389. The lowest BCUT2D eigenvalue weighted by atomic mass is 10.1. The van der Waals surface area contributed by atoms with E-state index in [1.807, 2.05) is 18.2 Å². The maximum atomic E-state index is 7.45. The second-order valence-corrected chi connectivity index (χ2v) is 5.35. The monoisotopic (exact) mass is 272 g/mol. The van der Waals surface area contributed by atoms with Gasteiger partial charge in [-0.25, -0.2) is 4.98 Å². The number of hydrogen-bond donors (Lipinski definition) is 3. The molecule has 2 aromatic rings. The average Bonchev–Trinajstić information content (AvgIpc) is 2.84. The average molecular weight is 272 g/mol. The number of nitrogen functional groups attached to an aromatic ring is 1. The molecule has 2 rings (SSSR count). The highest BCUT2D eigenvalue weighted by Gasteiger charge is 2.05. The number of fused-ring (bicyclic) bond motifs is 1. The predicted molar refractivity (Wildman–Crippen MR) is 84.2 cm³/mol. The number of aromatic nitrogens is 2. The zero-order chi connectivity index (χ0) is 14.4. The molecule has 4 heteroatoms. The molecule has 0 aliphatic heterocycles. The first-order valence-corrected chi connectivity index (χ1v) is 7.53. The third kappa shape index (κ3) is 3.83. The van der Waals surface area contributed by atoms with E-state index in [0.717, 1.165) is 28.8 Å². The highest BCUT2D eigenvalue weighted by molar-refractivity contribution is 5.97. The number of nitrogens with zero attached hydrogens (tertiary/aromatic N) is 1. The number of benzene rings is 1. The highest BCUT2D eigenvalue weighted by Crippen LogP contribution is 2.15. The van der Waals surface area contributed by atoms with Gasteiger partial charge >= 0.3 is 0 Å². The number of imidazole rings is 1. The molecule has 0 radical (unpaired) electrons. The third-order valence-electron chi connectivity index (χ3n) is 3.61. The molecule has 1 aromatic heterocycles. The molecular formula is C16H24N4. The van der Waals surface area contributed by atoms with Gasteiger partial charge in [0.15, 0.2) is 0 Å². The molecule has 4 nitrogen and oxygen atoms in total. The first-order valence-electron chi connectivity index (χ1n) is 7.53. The van der Waals surface area contributed by atoms with Gasteiger partial charge in [0.25, 0.3) is 0 Å². The van der Waals surface area contributed by atoms with E-state index in [1.54, 1.807) is 0 Å². The first kappa shape index (κ1) is 14.6. The fourth-order valence-corrected chi connectivity index (χ4v) is 2.42. The number of nitrogens with two attached hydrogens (primary N) is 1. The summed E-state index contributed by atoms with van der Waals surface area (Å²) in [6, 6.07) is 5.67. The number of aromatic amines is 1. The summed E-state index contributed by atoms with van der Waals surface area (Å²) in [7, 11) is 0. The number of amidine groups is 1. The van der Waals surface area contributed by atoms with E-state index >= 15 is 0 Å². The summed E-state index contributed by atoms with van der Waals surface area (Å²) in [4.78, 5) is 7.91. The zero-order valence-electron chi connectivity index (χ0n) is 12.2. The van der Waals surface area contributed by atoms with Crippen LogP contribution in [0.1, 0.15) is 56.8 Å². The van der Waals surface area contributed by atoms with Gasteiger partial charge in [-0.3, -0.25) is 5.41 Å². The van der Waals surface area contributed by atoms with Gasteiger partial charge in [-0.1, -0.05) is 39.0 Å². The van der Waals surface area contributed by atoms with E-state index in [4.69, 9.17) is 11.1 Å². The van der Waals surface area contributed by atoms with Crippen molar-refractivity contribution in [3.8, 4) is 0 Å². The Labute approximate surface area is 120 Å². The van der Waals surface area contributed by atoms with Crippen molar-refractivity contribution in [2.45, 2.75) is 51.9 Å². The van der Waals surface area contributed by atoms with Crippen molar-refractivity contribution >= 4 is 16.9 Å². The number of H-pyrrole nitrogens is 1. The van der Waals surface area contributed by atoms with Crippen LogP contribution in [0.4, 0.5) is 0 Å². The number of hydrogen-bond acceptors (Lipinski definition) is 2. The van der Waals surface area contributed by atoms with Crippen LogP contribution in [0.2, 0.25) is 0 Å². The molecule has 108 valence electrons. The fourth-order valence-electron chi connectivity index (χ4n) is 2.42. The van der Waals surface area contributed by atoms with Crippen LogP contribution in [0.3, 0.4) is 0 Å². The molecule has 4 N–H and O–H groups in total. The van der Waals surface area contributed by atoms with Crippen molar-refractivity contribution in [3.05, 3.63) is 29.6 Å².